The summed E-state index contributed by atoms with van der Waals surface area (Å²) in [5, 5.41) is 0. The van der Waals surface area contributed by atoms with Crippen molar-refractivity contribution in [2.45, 2.75) is 11.3 Å². The van der Waals surface area contributed by atoms with Gasteiger partial charge in [-0.05, 0) is 23.8 Å². The summed E-state index contributed by atoms with van der Waals surface area (Å²) in [7, 11) is 7.50. The first kappa shape index (κ1) is 24.0. The Morgan fingerprint density at radius 2 is 1.45 bits per heavy atom. The van der Waals surface area contributed by atoms with Gasteiger partial charge in [-0.2, -0.15) is 4.68 Å². The number of carbonyl (C=O) groups is 1. The fourth-order valence-electron chi connectivity index (χ4n) is 5.54. The van der Waals surface area contributed by atoms with Crippen LogP contribution in [0.2, 0.25) is 0 Å². The molecule has 1 aromatic heterocycles. The molecule has 2 amide bonds. The van der Waals surface area contributed by atoms with Crippen LogP contribution in [0.25, 0.3) is 6.08 Å². The molecule has 8 nitrogen and oxygen atoms in total. The summed E-state index contributed by atoms with van der Waals surface area (Å²) in [4.78, 5) is 38.5. The fourth-order valence-corrected chi connectivity index (χ4v) is 6.50. The second-order valence-corrected chi connectivity index (χ2v) is 10.8. The molecule has 6 rings (SSSR count). The molecule has 1 fully saturated rings. The van der Waals surface area contributed by atoms with Crippen LogP contribution in [0.4, 0.5) is 10.5 Å². The molecule has 2 atom stereocenters. The van der Waals surface area contributed by atoms with E-state index in [-0.39, 0.29) is 11.6 Å². The van der Waals surface area contributed by atoms with Crippen molar-refractivity contribution in [3.8, 4) is 0 Å². The summed E-state index contributed by atoms with van der Waals surface area (Å²) in [5.41, 5.74) is 4.61. The Balaban J connectivity index is 1.64. The van der Waals surface area contributed by atoms with Gasteiger partial charge < -0.3 is 4.90 Å². The van der Waals surface area contributed by atoms with E-state index in [1.807, 2.05) is 110 Å². The van der Waals surface area contributed by atoms with Crippen LogP contribution in [-0.2, 0) is 11.3 Å². The summed E-state index contributed by atoms with van der Waals surface area (Å²) in [6.45, 7) is 0. The zero-order valence-corrected chi connectivity index (χ0v) is 22.4. The first-order valence-corrected chi connectivity index (χ1v) is 13.1. The standard InChI is InChI=1S/C29H28N6O2S/c1-32(2)23-17-15-20(16-18-23)19-24-25(36)35-26(38-24)30-28(21-11-7-5-8-12-21)29(31-35,22-13-9-6-10-14-22)34(4)27(37)33(28)3/h5-19,31H,1-4H3/b24-19+/t28-,29-/m0/s1. The number of rotatable bonds is 4. The SMILES string of the molecule is CN(C)c1ccc(/C=c2/sc3n(c2=O)N[C@@]2(c4ccccc4)N(C)C(=O)N(C)[C@]2(c2ccccc2)N=3)cc1. The van der Waals surface area contributed by atoms with Gasteiger partial charge in [0, 0.05) is 45.0 Å². The van der Waals surface area contributed by atoms with Gasteiger partial charge in [0.25, 0.3) is 5.56 Å². The Morgan fingerprint density at radius 1 is 0.842 bits per heavy atom. The number of nitrogens with zero attached hydrogens (tertiary/aromatic N) is 5. The number of nitrogens with one attached hydrogen (secondary N) is 1. The molecule has 0 saturated carbocycles. The Labute approximate surface area is 224 Å². The van der Waals surface area contributed by atoms with Crippen molar-refractivity contribution >= 4 is 29.1 Å². The summed E-state index contributed by atoms with van der Waals surface area (Å²) in [6, 6.07) is 27.3. The number of hydrogen-bond acceptors (Lipinski definition) is 6. The summed E-state index contributed by atoms with van der Waals surface area (Å²) in [5.74, 6) is 0. The molecule has 1 saturated heterocycles. The number of aromatic nitrogens is 1. The third-order valence-corrected chi connectivity index (χ3v) is 8.45. The summed E-state index contributed by atoms with van der Waals surface area (Å²) >= 11 is 1.31. The first-order chi connectivity index (χ1) is 18.3. The van der Waals surface area contributed by atoms with Crippen molar-refractivity contribution in [2.24, 2.45) is 4.99 Å². The van der Waals surface area contributed by atoms with E-state index in [0.29, 0.717) is 9.33 Å². The number of hydrogen-bond donors (Lipinski definition) is 1. The van der Waals surface area contributed by atoms with Crippen molar-refractivity contribution in [1.82, 2.24) is 14.5 Å². The number of carbonyl (C=O) groups excluding carboxylic acids is 1. The van der Waals surface area contributed by atoms with Crippen molar-refractivity contribution in [2.75, 3.05) is 38.5 Å². The van der Waals surface area contributed by atoms with Gasteiger partial charge >= 0.3 is 6.03 Å². The van der Waals surface area contributed by atoms with Gasteiger partial charge in [-0.3, -0.25) is 20.0 Å². The van der Waals surface area contributed by atoms with Gasteiger partial charge in [-0.1, -0.05) is 84.1 Å². The average molecular weight is 525 g/mol. The number of anilines is 1. The molecule has 0 radical (unpaired) electrons. The lowest BCUT2D eigenvalue weighted by Crippen LogP contribution is -2.67. The normalized spacial score (nSPS) is 22.5. The van der Waals surface area contributed by atoms with Crippen LogP contribution in [0.1, 0.15) is 16.7 Å². The highest BCUT2D eigenvalue weighted by molar-refractivity contribution is 7.07. The highest BCUT2D eigenvalue weighted by atomic mass is 32.1. The maximum atomic E-state index is 13.8. The molecule has 4 aromatic rings. The molecular weight excluding hydrogens is 496 g/mol. The zero-order chi connectivity index (χ0) is 26.7. The maximum Gasteiger partial charge on any atom is 0.324 e. The molecule has 2 aliphatic rings. The summed E-state index contributed by atoms with van der Waals surface area (Å²) < 4.78 is 2.04. The minimum Gasteiger partial charge on any atom is -0.378 e. The number of amides is 2. The minimum absolute atomic E-state index is 0.204. The van der Waals surface area contributed by atoms with Crippen LogP contribution in [-0.4, -0.2) is 48.7 Å². The van der Waals surface area contributed by atoms with E-state index in [2.05, 4.69) is 5.43 Å². The molecule has 2 aliphatic heterocycles. The third kappa shape index (κ3) is 3.18. The predicted octanol–water partition coefficient (Wildman–Crippen LogP) is 2.68. The van der Waals surface area contributed by atoms with Crippen LogP contribution in [0.3, 0.4) is 0 Å². The predicted molar refractivity (Wildman–Crippen MR) is 150 cm³/mol. The van der Waals surface area contributed by atoms with E-state index in [4.69, 9.17) is 4.99 Å². The topological polar surface area (TPSA) is 73.2 Å². The molecule has 3 heterocycles. The van der Waals surface area contributed by atoms with Gasteiger partial charge in [-0.15, -0.1) is 0 Å². The largest absolute Gasteiger partial charge is 0.378 e. The van der Waals surface area contributed by atoms with E-state index in [0.717, 1.165) is 22.4 Å². The number of benzene rings is 3. The lowest BCUT2D eigenvalue weighted by atomic mass is 9.80. The number of fused-ring (bicyclic) bond motifs is 2. The Kier molecular flexibility index (Phi) is 5.43. The quantitative estimate of drug-likeness (QED) is 0.446. The highest BCUT2D eigenvalue weighted by Crippen LogP contribution is 2.53. The number of thiazole rings is 1. The Hall–Kier alpha value is -4.37. The smallest absolute Gasteiger partial charge is 0.324 e. The fraction of sp³-hybridized carbons (Fsp3) is 0.207. The zero-order valence-electron chi connectivity index (χ0n) is 21.6. The third-order valence-electron chi connectivity index (χ3n) is 7.48. The number of likely N-dealkylation sites (N-methyl/N-ethyl adjacent to an activating group) is 2. The molecular formula is C29H28N6O2S. The van der Waals surface area contributed by atoms with Crippen LogP contribution in [0.5, 0.6) is 0 Å². The van der Waals surface area contributed by atoms with Gasteiger partial charge in [0.1, 0.15) is 0 Å². The van der Waals surface area contributed by atoms with E-state index in [1.165, 1.54) is 16.0 Å². The summed E-state index contributed by atoms with van der Waals surface area (Å²) in [6.07, 6.45) is 1.88. The van der Waals surface area contributed by atoms with Gasteiger partial charge in [0.2, 0.25) is 16.1 Å². The molecule has 0 bridgehead atoms. The monoisotopic (exact) mass is 524 g/mol. The molecule has 192 valence electrons. The molecule has 0 unspecified atom stereocenters. The van der Waals surface area contributed by atoms with Crippen LogP contribution < -0.4 is 25.2 Å². The van der Waals surface area contributed by atoms with Crippen LogP contribution >= 0.6 is 11.3 Å². The molecule has 38 heavy (non-hydrogen) atoms. The van der Waals surface area contributed by atoms with Crippen molar-refractivity contribution in [1.29, 1.82) is 0 Å². The lowest BCUT2D eigenvalue weighted by molar-refractivity contribution is 0.0648. The van der Waals surface area contributed by atoms with Gasteiger partial charge in [0.15, 0.2) is 0 Å². The van der Waals surface area contributed by atoms with Crippen LogP contribution in [0.15, 0.2) is 94.7 Å². The number of urea groups is 1. The van der Waals surface area contributed by atoms with E-state index >= 15 is 0 Å². The molecule has 3 aromatic carbocycles. The Morgan fingerprint density at radius 3 is 2.05 bits per heavy atom. The van der Waals surface area contributed by atoms with Crippen molar-refractivity contribution in [3.05, 3.63) is 121 Å². The van der Waals surface area contributed by atoms with E-state index in [1.54, 1.807) is 23.9 Å². The first-order valence-electron chi connectivity index (χ1n) is 12.3. The molecule has 0 spiro atoms. The van der Waals surface area contributed by atoms with E-state index < -0.39 is 11.3 Å². The van der Waals surface area contributed by atoms with Crippen molar-refractivity contribution in [3.63, 3.8) is 0 Å². The van der Waals surface area contributed by atoms with Gasteiger partial charge in [-0.25, -0.2) is 9.79 Å². The lowest BCUT2D eigenvalue weighted by Gasteiger charge is -2.49. The molecule has 9 heteroatoms. The highest BCUT2D eigenvalue weighted by Gasteiger charge is 2.69. The average Bonchev–Trinajstić information content (AvgIpc) is 3.33. The van der Waals surface area contributed by atoms with Crippen molar-refractivity contribution < 1.29 is 4.79 Å². The second kappa shape index (κ2) is 8.59. The Bertz CT molecular complexity index is 1700. The van der Waals surface area contributed by atoms with Crippen LogP contribution in [0, 0.1) is 0 Å². The second-order valence-electron chi connectivity index (χ2n) is 9.76. The van der Waals surface area contributed by atoms with Gasteiger partial charge in [0.05, 0.1) is 4.53 Å². The minimum atomic E-state index is -1.18. The molecule has 1 N–H and O–H groups in total. The van der Waals surface area contributed by atoms with E-state index in [9.17, 15) is 9.59 Å². The molecule has 0 aliphatic carbocycles. The maximum absolute atomic E-state index is 13.8.